The molecule has 2 heterocycles. The smallest absolute Gasteiger partial charge is 0.341 e. The van der Waals surface area contributed by atoms with E-state index in [-0.39, 0.29) is 18.1 Å². The summed E-state index contributed by atoms with van der Waals surface area (Å²) in [6.45, 7) is 6.46. The van der Waals surface area contributed by atoms with Crippen LogP contribution in [0.3, 0.4) is 0 Å². The Morgan fingerprint density at radius 1 is 1.30 bits per heavy atom. The number of fused-ring (bicyclic) bond motifs is 1. The van der Waals surface area contributed by atoms with Gasteiger partial charge in [0.25, 0.3) is 0 Å². The lowest BCUT2D eigenvalue weighted by Crippen LogP contribution is -2.32. The largest absolute Gasteiger partial charge is 0.462 e. The molecule has 0 unspecified atom stereocenters. The Morgan fingerprint density at radius 3 is 2.74 bits per heavy atom. The minimum absolute atomic E-state index is 0.282. The highest BCUT2D eigenvalue weighted by Crippen LogP contribution is 2.40. The van der Waals surface area contributed by atoms with Crippen LogP contribution in [0, 0.1) is 0 Å². The normalized spacial score (nSPS) is 15.4. The second-order valence-electron chi connectivity index (χ2n) is 6.89. The molecule has 1 aromatic carbocycles. The maximum Gasteiger partial charge on any atom is 0.341 e. The van der Waals surface area contributed by atoms with Gasteiger partial charge in [0.2, 0.25) is 5.91 Å². The molecule has 1 aromatic heterocycles. The van der Waals surface area contributed by atoms with Gasteiger partial charge in [0.1, 0.15) is 5.00 Å². The van der Waals surface area contributed by atoms with Crippen molar-refractivity contribution in [3.05, 3.63) is 58.0 Å². The highest BCUT2D eigenvalue weighted by molar-refractivity contribution is 7.17. The quantitative estimate of drug-likeness (QED) is 0.611. The summed E-state index contributed by atoms with van der Waals surface area (Å²) in [6.07, 6.45) is 3.80. The summed E-state index contributed by atoms with van der Waals surface area (Å²) in [4.78, 5) is 25.9. The first-order valence-electron chi connectivity index (χ1n) is 8.89. The van der Waals surface area contributed by atoms with E-state index in [2.05, 4.69) is 5.32 Å². The van der Waals surface area contributed by atoms with Gasteiger partial charge in [-0.2, -0.15) is 0 Å². The van der Waals surface area contributed by atoms with Crippen LogP contribution in [-0.4, -0.2) is 24.1 Å². The van der Waals surface area contributed by atoms with Gasteiger partial charge in [-0.05, 0) is 38.0 Å². The minimum atomic E-state index is -0.407. The Morgan fingerprint density at radius 2 is 2.04 bits per heavy atom. The molecule has 0 spiro atoms. The van der Waals surface area contributed by atoms with Crippen molar-refractivity contribution < 1.29 is 19.1 Å². The topological polar surface area (TPSA) is 64.6 Å². The Balaban J connectivity index is 1.86. The van der Waals surface area contributed by atoms with Crippen molar-refractivity contribution in [2.45, 2.75) is 39.4 Å². The zero-order valence-electron chi connectivity index (χ0n) is 15.7. The highest BCUT2D eigenvalue weighted by Gasteiger charge is 2.34. The SMILES string of the molecule is CCOC(=O)c1c(NC(=O)/C=C\c2ccccc2)sc2c1CC(C)(C)OC2. The fourth-order valence-electron chi connectivity index (χ4n) is 2.95. The Bertz CT molecular complexity index is 868. The lowest BCUT2D eigenvalue weighted by molar-refractivity contribution is -0.111. The summed E-state index contributed by atoms with van der Waals surface area (Å²) in [5, 5.41) is 3.36. The summed E-state index contributed by atoms with van der Waals surface area (Å²) in [7, 11) is 0. The van der Waals surface area contributed by atoms with E-state index in [1.165, 1.54) is 17.4 Å². The monoisotopic (exact) mass is 385 g/mol. The fourth-order valence-corrected chi connectivity index (χ4v) is 4.07. The number of carbonyl (C=O) groups is 2. The number of benzene rings is 1. The second-order valence-corrected chi connectivity index (χ2v) is 7.99. The van der Waals surface area contributed by atoms with Gasteiger partial charge in [-0.15, -0.1) is 11.3 Å². The van der Waals surface area contributed by atoms with E-state index in [1.54, 1.807) is 13.0 Å². The van der Waals surface area contributed by atoms with Crippen LogP contribution in [0.25, 0.3) is 6.08 Å². The van der Waals surface area contributed by atoms with Crippen molar-refractivity contribution in [2.24, 2.45) is 0 Å². The van der Waals surface area contributed by atoms with Crippen molar-refractivity contribution in [1.82, 2.24) is 0 Å². The zero-order valence-corrected chi connectivity index (χ0v) is 16.5. The first kappa shape index (κ1) is 19.3. The lowest BCUT2D eigenvalue weighted by atomic mass is 9.93. The molecule has 1 amide bonds. The van der Waals surface area contributed by atoms with E-state index in [4.69, 9.17) is 9.47 Å². The number of esters is 1. The van der Waals surface area contributed by atoms with Crippen LogP contribution in [-0.2, 0) is 27.3 Å². The Kier molecular flexibility index (Phi) is 5.77. The summed E-state index contributed by atoms with van der Waals surface area (Å²) < 4.78 is 11.1. The average molecular weight is 385 g/mol. The molecule has 0 saturated heterocycles. The summed E-state index contributed by atoms with van der Waals surface area (Å²) >= 11 is 1.38. The molecule has 3 rings (SSSR count). The van der Waals surface area contributed by atoms with Crippen molar-refractivity contribution in [3.63, 3.8) is 0 Å². The number of amides is 1. The third-order valence-electron chi connectivity index (χ3n) is 4.23. The summed E-state index contributed by atoms with van der Waals surface area (Å²) in [5.41, 5.74) is 1.94. The molecule has 0 radical (unpaired) electrons. The van der Waals surface area contributed by atoms with Crippen LogP contribution in [0.4, 0.5) is 5.00 Å². The number of ether oxygens (including phenoxy) is 2. The lowest BCUT2D eigenvalue weighted by Gasteiger charge is -2.30. The van der Waals surface area contributed by atoms with Crippen molar-refractivity contribution in [3.8, 4) is 0 Å². The van der Waals surface area contributed by atoms with E-state index in [0.29, 0.717) is 23.6 Å². The third-order valence-corrected chi connectivity index (χ3v) is 5.35. The number of rotatable bonds is 5. The molecule has 6 heteroatoms. The highest BCUT2D eigenvalue weighted by atomic mass is 32.1. The molecular weight excluding hydrogens is 362 g/mol. The molecule has 0 aliphatic carbocycles. The van der Waals surface area contributed by atoms with Gasteiger partial charge in [-0.3, -0.25) is 4.79 Å². The first-order valence-corrected chi connectivity index (χ1v) is 9.71. The number of carbonyl (C=O) groups excluding carboxylic acids is 2. The number of anilines is 1. The fraction of sp³-hybridized carbons (Fsp3) is 0.333. The van der Waals surface area contributed by atoms with Crippen LogP contribution in [0.2, 0.25) is 0 Å². The molecule has 27 heavy (non-hydrogen) atoms. The average Bonchev–Trinajstić information content (AvgIpc) is 2.97. The van der Waals surface area contributed by atoms with Gasteiger partial charge in [-0.1, -0.05) is 30.3 Å². The van der Waals surface area contributed by atoms with Gasteiger partial charge < -0.3 is 14.8 Å². The van der Waals surface area contributed by atoms with Crippen LogP contribution in [0.5, 0.6) is 0 Å². The molecule has 1 aliphatic heterocycles. The predicted octanol–water partition coefficient (Wildman–Crippen LogP) is 4.43. The molecule has 5 nitrogen and oxygen atoms in total. The maximum absolute atomic E-state index is 12.5. The third kappa shape index (κ3) is 4.64. The van der Waals surface area contributed by atoms with Gasteiger partial charge in [0, 0.05) is 17.4 Å². The van der Waals surface area contributed by atoms with E-state index in [1.807, 2.05) is 44.2 Å². The van der Waals surface area contributed by atoms with Crippen molar-refractivity contribution in [1.29, 1.82) is 0 Å². The van der Waals surface area contributed by atoms with Crippen LogP contribution < -0.4 is 5.32 Å². The molecule has 1 N–H and O–H groups in total. The summed E-state index contributed by atoms with van der Waals surface area (Å²) in [6, 6.07) is 9.56. The second kappa shape index (κ2) is 8.06. The summed E-state index contributed by atoms with van der Waals surface area (Å²) in [5.74, 6) is -0.696. The standard InChI is InChI=1S/C21H23NO4S/c1-4-25-20(24)18-15-12-21(2,3)26-13-16(15)27-19(18)22-17(23)11-10-14-8-6-5-7-9-14/h5-11H,4,12-13H2,1-3H3,(H,22,23)/b11-10-. The molecule has 0 fully saturated rings. The first-order chi connectivity index (χ1) is 12.9. The van der Waals surface area contributed by atoms with Gasteiger partial charge in [0.15, 0.2) is 0 Å². The van der Waals surface area contributed by atoms with Gasteiger partial charge in [0.05, 0.1) is 24.4 Å². The van der Waals surface area contributed by atoms with E-state index in [0.717, 1.165) is 16.0 Å². The zero-order chi connectivity index (χ0) is 19.4. The maximum atomic E-state index is 12.5. The van der Waals surface area contributed by atoms with Crippen LogP contribution in [0.15, 0.2) is 36.4 Å². The Hall–Kier alpha value is -2.44. The van der Waals surface area contributed by atoms with E-state index in [9.17, 15) is 9.59 Å². The van der Waals surface area contributed by atoms with Crippen LogP contribution in [0.1, 0.15) is 47.1 Å². The van der Waals surface area contributed by atoms with Crippen molar-refractivity contribution in [2.75, 3.05) is 11.9 Å². The number of hydrogen-bond donors (Lipinski definition) is 1. The molecular formula is C21H23NO4S. The molecule has 142 valence electrons. The number of thiophene rings is 1. The Labute approximate surface area is 163 Å². The molecule has 0 atom stereocenters. The van der Waals surface area contributed by atoms with Crippen LogP contribution >= 0.6 is 11.3 Å². The number of hydrogen-bond acceptors (Lipinski definition) is 5. The molecule has 0 saturated carbocycles. The molecule has 0 bridgehead atoms. The van der Waals surface area contributed by atoms with Gasteiger partial charge >= 0.3 is 5.97 Å². The minimum Gasteiger partial charge on any atom is -0.462 e. The number of nitrogens with one attached hydrogen (secondary N) is 1. The van der Waals surface area contributed by atoms with Crippen molar-refractivity contribution >= 4 is 34.3 Å². The molecule has 1 aliphatic rings. The van der Waals surface area contributed by atoms with E-state index < -0.39 is 5.97 Å². The van der Waals surface area contributed by atoms with E-state index >= 15 is 0 Å². The molecule has 2 aromatic rings. The van der Waals surface area contributed by atoms with Gasteiger partial charge in [-0.25, -0.2) is 4.79 Å². The predicted molar refractivity (Wildman–Crippen MR) is 107 cm³/mol.